The highest BCUT2D eigenvalue weighted by Crippen LogP contribution is 2.14. The SMILES string of the molecule is [CH2]C#CCCCCCCCCCCCCCCCCCCCCC[CH2]. The molecule has 0 heterocycles. The van der Waals surface area contributed by atoms with Crippen molar-refractivity contribution in [1.29, 1.82) is 0 Å². The van der Waals surface area contributed by atoms with E-state index >= 15 is 0 Å². The quantitative estimate of drug-likeness (QED) is 0.152. The zero-order valence-electron chi connectivity index (χ0n) is 17.3. The Bertz CT molecular complexity index is 280. The van der Waals surface area contributed by atoms with Gasteiger partial charge in [0, 0.05) is 13.3 Å². The van der Waals surface area contributed by atoms with Crippen molar-refractivity contribution in [3.8, 4) is 11.8 Å². The molecule has 0 saturated carbocycles. The summed E-state index contributed by atoms with van der Waals surface area (Å²) in [5, 5.41) is 0. The first-order valence-corrected chi connectivity index (χ1v) is 11.5. The molecule has 0 aromatic heterocycles. The minimum Gasteiger partial charge on any atom is -0.103 e. The molecule has 0 aliphatic carbocycles. The van der Waals surface area contributed by atoms with Crippen molar-refractivity contribution >= 4 is 0 Å². The van der Waals surface area contributed by atoms with Crippen LogP contribution in [0, 0.1) is 25.7 Å². The van der Waals surface area contributed by atoms with Gasteiger partial charge in [0.15, 0.2) is 0 Å². The zero-order chi connectivity index (χ0) is 18.3. The van der Waals surface area contributed by atoms with Crippen LogP contribution in [0.3, 0.4) is 0 Å². The molecule has 2 radical (unpaired) electrons. The molecule has 0 aromatic rings. The third kappa shape index (κ3) is 23.6. The average Bonchev–Trinajstić information content (AvgIpc) is 2.63. The van der Waals surface area contributed by atoms with E-state index in [9.17, 15) is 0 Å². The fraction of sp³-hybridized carbons (Fsp3) is 0.840. The van der Waals surface area contributed by atoms with Crippen LogP contribution in [-0.4, -0.2) is 0 Å². The standard InChI is InChI=1S/C25H46/c1-3-5-7-9-11-13-15-17-19-21-23-25-24-22-20-18-16-14-12-10-8-6-4-2/h1-3,5,7-25H2. The largest absolute Gasteiger partial charge is 0.103 e. The first-order chi connectivity index (χ1) is 12.4. The second-order valence-electron chi connectivity index (χ2n) is 7.67. The number of unbranched alkanes of at least 4 members (excludes halogenated alkanes) is 20. The Kier molecular flexibility index (Phi) is 23.1. The van der Waals surface area contributed by atoms with Crippen molar-refractivity contribution in [2.24, 2.45) is 0 Å². The lowest BCUT2D eigenvalue weighted by Crippen LogP contribution is -1.84. The van der Waals surface area contributed by atoms with Crippen molar-refractivity contribution in [3.05, 3.63) is 13.8 Å². The van der Waals surface area contributed by atoms with Gasteiger partial charge in [0.1, 0.15) is 0 Å². The molecule has 0 saturated heterocycles. The van der Waals surface area contributed by atoms with E-state index in [1.807, 2.05) is 0 Å². The molecular weight excluding hydrogens is 300 g/mol. The molecule has 0 aliphatic heterocycles. The van der Waals surface area contributed by atoms with Gasteiger partial charge in [0.2, 0.25) is 0 Å². The molecule has 0 spiro atoms. The molecule has 0 rings (SSSR count). The highest BCUT2D eigenvalue weighted by Gasteiger charge is 1.95. The van der Waals surface area contributed by atoms with Crippen LogP contribution in [-0.2, 0) is 0 Å². The predicted molar refractivity (Wildman–Crippen MR) is 115 cm³/mol. The van der Waals surface area contributed by atoms with Crippen LogP contribution in [0.1, 0.15) is 135 Å². The van der Waals surface area contributed by atoms with Gasteiger partial charge in [-0.15, -0.1) is 11.8 Å². The van der Waals surface area contributed by atoms with E-state index in [1.165, 1.54) is 122 Å². The maximum Gasteiger partial charge on any atom is 0.0198 e. The number of hydrogen-bond acceptors (Lipinski definition) is 0. The van der Waals surface area contributed by atoms with E-state index in [1.54, 1.807) is 0 Å². The highest BCUT2D eigenvalue weighted by molar-refractivity contribution is 5.00. The van der Waals surface area contributed by atoms with Gasteiger partial charge in [0.25, 0.3) is 0 Å². The molecule has 0 atom stereocenters. The van der Waals surface area contributed by atoms with Gasteiger partial charge in [-0.2, -0.15) is 0 Å². The van der Waals surface area contributed by atoms with E-state index in [4.69, 9.17) is 0 Å². The molecular formula is C25H46. The third-order valence-corrected chi connectivity index (χ3v) is 5.18. The Balaban J connectivity index is 2.97. The first kappa shape index (κ1) is 24.6. The van der Waals surface area contributed by atoms with Crippen molar-refractivity contribution in [1.82, 2.24) is 0 Å². The van der Waals surface area contributed by atoms with Gasteiger partial charge in [-0.05, 0) is 6.42 Å². The van der Waals surface area contributed by atoms with Gasteiger partial charge in [-0.25, -0.2) is 0 Å². The van der Waals surface area contributed by atoms with Gasteiger partial charge < -0.3 is 0 Å². The summed E-state index contributed by atoms with van der Waals surface area (Å²) in [7, 11) is 0. The summed E-state index contributed by atoms with van der Waals surface area (Å²) in [6.07, 6.45) is 29.3. The monoisotopic (exact) mass is 346 g/mol. The molecule has 0 N–H and O–H groups in total. The lowest BCUT2D eigenvalue weighted by molar-refractivity contribution is 0.523. The van der Waals surface area contributed by atoms with Crippen molar-refractivity contribution in [2.75, 3.05) is 0 Å². The van der Waals surface area contributed by atoms with Gasteiger partial charge in [-0.1, -0.05) is 129 Å². The van der Waals surface area contributed by atoms with Crippen LogP contribution < -0.4 is 0 Å². The minimum absolute atomic E-state index is 1.04. The van der Waals surface area contributed by atoms with Crippen LogP contribution in [0.25, 0.3) is 0 Å². The van der Waals surface area contributed by atoms with Crippen LogP contribution in [0.2, 0.25) is 0 Å². The smallest absolute Gasteiger partial charge is 0.0198 e. The lowest BCUT2D eigenvalue weighted by Gasteiger charge is -2.04. The second-order valence-corrected chi connectivity index (χ2v) is 7.67. The summed E-state index contributed by atoms with van der Waals surface area (Å²) < 4.78 is 0. The fourth-order valence-corrected chi connectivity index (χ4v) is 3.48. The summed E-state index contributed by atoms with van der Waals surface area (Å²) >= 11 is 0. The predicted octanol–water partition coefficient (Wildman–Crippen LogP) is 8.85. The summed E-state index contributed by atoms with van der Waals surface area (Å²) in [4.78, 5) is 0. The number of hydrogen-bond donors (Lipinski definition) is 0. The maximum atomic E-state index is 3.90. The van der Waals surface area contributed by atoms with Gasteiger partial charge in [0.05, 0.1) is 0 Å². The van der Waals surface area contributed by atoms with Gasteiger partial charge >= 0.3 is 0 Å². The van der Waals surface area contributed by atoms with Crippen LogP contribution in [0.5, 0.6) is 0 Å². The Labute approximate surface area is 160 Å². The summed E-state index contributed by atoms with van der Waals surface area (Å²) in [5.74, 6) is 5.77. The zero-order valence-corrected chi connectivity index (χ0v) is 17.3. The Hall–Kier alpha value is -0.440. The molecule has 0 aromatic carbocycles. The third-order valence-electron chi connectivity index (χ3n) is 5.18. The maximum absolute atomic E-state index is 3.90. The van der Waals surface area contributed by atoms with E-state index in [0.717, 1.165) is 12.8 Å². The van der Waals surface area contributed by atoms with E-state index in [2.05, 4.69) is 25.7 Å². The molecule has 0 heteroatoms. The Morgan fingerprint density at radius 2 is 0.680 bits per heavy atom. The molecule has 0 bridgehead atoms. The lowest BCUT2D eigenvalue weighted by atomic mass is 10.0. The Morgan fingerprint density at radius 3 is 0.960 bits per heavy atom. The number of rotatable bonds is 20. The van der Waals surface area contributed by atoms with Crippen molar-refractivity contribution in [3.63, 3.8) is 0 Å². The van der Waals surface area contributed by atoms with Crippen LogP contribution in [0.15, 0.2) is 0 Å². The van der Waals surface area contributed by atoms with Crippen molar-refractivity contribution in [2.45, 2.75) is 135 Å². The van der Waals surface area contributed by atoms with Crippen LogP contribution in [0.4, 0.5) is 0 Å². The average molecular weight is 347 g/mol. The Morgan fingerprint density at radius 1 is 0.400 bits per heavy atom. The highest BCUT2D eigenvalue weighted by atomic mass is 14.0. The van der Waals surface area contributed by atoms with Crippen LogP contribution >= 0.6 is 0 Å². The molecule has 25 heavy (non-hydrogen) atoms. The van der Waals surface area contributed by atoms with E-state index < -0.39 is 0 Å². The summed E-state index contributed by atoms with van der Waals surface area (Å²) in [6, 6.07) is 0. The molecule has 0 fully saturated rings. The normalized spacial score (nSPS) is 10.6. The molecule has 146 valence electrons. The minimum atomic E-state index is 1.04. The van der Waals surface area contributed by atoms with Crippen molar-refractivity contribution < 1.29 is 0 Å². The molecule has 0 aliphatic rings. The molecule has 0 unspecified atom stereocenters. The molecule has 0 amide bonds. The second kappa shape index (κ2) is 23.6. The van der Waals surface area contributed by atoms with E-state index in [0.29, 0.717) is 0 Å². The summed E-state index contributed by atoms with van der Waals surface area (Å²) in [5.41, 5.74) is 0. The molecule has 0 nitrogen and oxygen atoms in total. The van der Waals surface area contributed by atoms with Gasteiger partial charge in [-0.3, -0.25) is 0 Å². The fourth-order valence-electron chi connectivity index (χ4n) is 3.48. The van der Waals surface area contributed by atoms with E-state index in [-0.39, 0.29) is 0 Å². The topological polar surface area (TPSA) is 0 Å². The first-order valence-electron chi connectivity index (χ1n) is 11.5. The summed E-state index contributed by atoms with van der Waals surface area (Å²) in [6.45, 7) is 7.45.